The summed E-state index contributed by atoms with van der Waals surface area (Å²) in [6.45, 7) is 6.21. The topological polar surface area (TPSA) is 95.0 Å². The van der Waals surface area contributed by atoms with Gasteiger partial charge in [0.25, 0.3) is 0 Å². The molecule has 7 nitrogen and oxygen atoms in total. The van der Waals surface area contributed by atoms with Crippen molar-refractivity contribution in [2.45, 2.75) is 52.2 Å². The third-order valence-electron chi connectivity index (χ3n) is 7.10. The van der Waals surface area contributed by atoms with E-state index in [1.807, 2.05) is 56.0 Å². The molecule has 2 aromatic carbocycles. The monoisotopic (exact) mass is 558 g/mol. The number of carbonyl (C=O) groups excluding carboxylic acids is 1. The van der Waals surface area contributed by atoms with Crippen LogP contribution in [0.15, 0.2) is 46.9 Å². The molecule has 0 spiro atoms. The molecule has 1 amide bonds. The number of hydrogen-bond acceptors (Lipinski definition) is 5. The molecule has 0 fully saturated rings. The van der Waals surface area contributed by atoms with Gasteiger partial charge in [-0.1, -0.05) is 35.0 Å². The highest BCUT2D eigenvalue weighted by Gasteiger charge is 2.35. The number of fused-ring (bicyclic) bond motifs is 3. The zero-order chi connectivity index (χ0) is 25.9. The predicted molar refractivity (Wildman–Crippen MR) is 143 cm³/mol. The Morgan fingerprint density at radius 3 is 2.56 bits per heavy atom. The first-order valence-corrected chi connectivity index (χ1v) is 13.3. The summed E-state index contributed by atoms with van der Waals surface area (Å²) in [7, 11) is 0. The predicted octanol–water partition coefficient (Wildman–Crippen LogP) is 5.38. The second kappa shape index (κ2) is 11.2. The Labute approximate surface area is 220 Å². The van der Waals surface area contributed by atoms with Crippen molar-refractivity contribution >= 4 is 32.9 Å². The number of nitrogens with one attached hydrogen (secondary N) is 1. The normalized spacial score (nSPS) is 15.9. The van der Waals surface area contributed by atoms with Gasteiger partial charge in [-0.25, -0.2) is 4.79 Å². The molecule has 0 bridgehead atoms. The largest absolute Gasteiger partial charge is 0.493 e. The van der Waals surface area contributed by atoms with Crippen LogP contribution in [0.4, 0.5) is 4.79 Å². The number of aromatic amines is 1. The first-order valence-electron chi connectivity index (χ1n) is 12.5. The van der Waals surface area contributed by atoms with E-state index in [1.54, 1.807) is 0 Å². The van der Waals surface area contributed by atoms with Gasteiger partial charge in [0.2, 0.25) is 0 Å². The van der Waals surface area contributed by atoms with Gasteiger partial charge < -0.3 is 24.7 Å². The van der Waals surface area contributed by atoms with Crippen molar-refractivity contribution in [3.05, 3.63) is 63.8 Å². The van der Waals surface area contributed by atoms with Crippen LogP contribution in [0.2, 0.25) is 0 Å². The first-order chi connectivity index (χ1) is 17.3. The summed E-state index contributed by atoms with van der Waals surface area (Å²) in [4.78, 5) is 18.4. The maximum atomic E-state index is 13.0. The summed E-state index contributed by atoms with van der Waals surface area (Å²) >= 11 is 3.58. The molecule has 194 valence electrons. The summed E-state index contributed by atoms with van der Waals surface area (Å²) in [5.74, 6) is 0.675. The van der Waals surface area contributed by atoms with Gasteiger partial charge in [-0.15, -0.1) is 0 Å². The Morgan fingerprint density at radius 1 is 1.19 bits per heavy atom. The third-order valence-corrected chi connectivity index (χ3v) is 7.60. The number of rotatable bonds is 9. The fraction of sp³-hybridized carbons (Fsp3) is 0.464. The number of carbonyl (C=O) groups is 1. The molecule has 1 aliphatic heterocycles. The summed E-state index contributed by atoms with van der Waals surface area (Å²) in [5.41, 5.74) is 3.76. The molecule has 2 heterocycles. The molecule has 36 heavy (non-hydrogen) atoms. The van der Waals surface area contributed by atoms with Crippen LogP contribution < -0.4 is 4.74 Å². The minimum Gasteiger partial charge on any atom is -0.493 e. The van der Waals surface area contributed by atoms with E-state index in [0.29, 0.717) is 25.1 Å². The SMILES string of the molecule is CCC(CO)(CO)COc1ccc(CC2c3[nH]c4ccc(Br)cc4c3CCN2C(=O)OC(C)C)cc1. The second-order valence-electron chi connectivity index (χ2n) is 9.91. The van der Waals surface area contributed by atoms with Gasteiger partial charge in [0.15, 0.2) is 0 Å². The zero-order valence-electron chi connectivity index (χ0n) is 21.1. The molecule has 1 aliphatic rings. The third kappa shape index (κ3) is 5.56. The highest BCUT2D eigenvalue weighted by atomic mass is 79.9. The van der Waals surface area contributed by atoms with Crippen LogP contribution in [0.1, 0.15) is 50.1 Å². The van der Waals surface area contributed by atoms with Crippen molar-refractivity contribution in [2.24, 2.45) is 5.41 Å². The molecule has 0 saturated carbocycles. The lowest BCUT2D eigenvalue weighted by atomic mass is 9.88. The molecule has 0 radical (unpaired) electrons. The Hall–Kier alpha value is -2.55. The molecule has 3 aromatic rings. The van der Waals surface area contributed by atoms with Crippen LogP contribution in [0.25, 0.3) is 10.9 Å². The zero-order valence-corrected chi connectivity index (χ0v) is 22.7. The van der Waals surface area contributed by atoms with E-state index in [-0.39, 0.29) is 38.1 Å². The number of amides is 1. The number of benzene rings is 2. The fourth-order valence-electron chi connectivity index (χ4n) is 4.69. The smallest absolute Gasteiger partial charge is 0.410 e. The Kier molecular flexibility index (Phi) is 8.27. The Bertz CT molecular complexity index is 1180. The van der Waals surface area contributed by atoms with Crippen LogP contribution in [0.3, 0.4) is 0 Å². The van der Waals surface area contributed by atoms with E-state index in [9.17, 15) is 15.0 Å². The molecule has 0 aliphatic carbocycles. The number of aliphatic hydroxyl groups is 2. The molecule has 1 atom stereocenters. The van der Waals surface area contributed by atoms with Gasteiger partial charge in [-0.2, -0.15) is 0 Å². The molecule has 1 unspecified atom stereocenters. The average Bonchev–Trinajstić information content (AvgIpc) is 3.24. The van der Waals surface area contributed by atoms with E-state index in [4.69, 9.17) is 9.47 Å². The number of aromatic nitrogens is 1. The average molecular weight is 560 g/mol. The second-order valence-corrected chi connectivity index (χ2v) is 10.8. The summed E-state index contributed by atoms with van der Waals surface area (Å²) in [5, 5.41) is 20.5. The van der Waals surface area contributed by atoms with Gasteiger partial charge in [0.1, 0.15) is 5.75 Å². The maximum absolute atomic E-state index is 13.0. The van der Waals surface area contributed by atoms with Crippen molar-refractivity contribution in [1.82, 2.24) is 9.88 Å². The summed E-state index contributed by atoms with van der Waals surface area (Å²) in [6, 6.07) is 13.8. The van der Waals surface area contributed by atoms with Crippen LogP contribution in [0, 0.1) is 5.41 Å². The van der Waals surface area contributed by atoms with Crippen molar-refractivity contribution in [3.8, 4) is 5.75 Å². The van der Waals surface area contributed by atoms with Gasteiger partial charge in [-0.3, -0.25) is 4.90 Å². The summed E-state index contributed by atoms with van der Waals surface area (Å²) in [6.07, 6.45) is 1.51. The van der Waals surface area contributed by atoms with Gasteiger partial charge in [0.05, 0.1) is 37.4 Å². The minimum atomic E-state index is -0.654. The Balaban J connectivity index is 1.59. The summed E-state index contributed by atoms with van der Waals surface area (Å²) < 4.78 is 12.5. The van der Waals surface area contributed by atoms with Gasteiger partial charge >= 0.3 is 6.09 Å². The lowest BCUT2D eigenvalue weighted by molar-refractivity contribution is 0.0114. The molecule has 4 rings (SSSR count). The van der Waals surface area contributed by atoms with E-state index in [0.717, 1.165) is 27.7 Å². The molecular weight excluding hydrogens is 524 g/mol. The number of nitrogens with zero attached hydrogens (tertiary/aromatic N) is 1. The van der Waals surface area contributed by atoms with Crippen LogP contribution >= 0.6 is 15.9 Å². The van der Waals surface area contributed by atoms with Crippen LogP contribution in [0.5, 0.6) is 5.75 Å². The lowest BCUT2D eigenvalue weighted by Crippen LogP contribution is -2.42. The molecule has 1 aromatic heterocycles. The van der Waals surface area contributed by atoms with Crippen molar-refractivity contribution in [3.63, 3.8) is 0 Å². The van der Waals surface area contributed by atoms with E-state index in [2.05, 4.69) is 33.0 Å². The van der Waals surface area contributed by atoms with Crippen molar-refractivity contribution in [1.29, 1.82) is 0 Å². The number of halogens is 1. The van der Waals surface area contributed by atoms with E-state index < -0.39 is 5.41 Å². The quantitative estimate of drug-likeness (QED) is 0.328. The molecule has 0 saturated heterocycles. The minimum absolute atomic E-state index is 0.133. The molecule has 8 heteroatoms. The molecular formula is C28H35BrN2O5. The van der Waals surface area contributed by atoms with Gasteiger partial charge in [0, 0.05) is 27.6 Å². The van der Waals surface area contributed by atoms with E-state index >= 15 is 0 Å². The lowest BCUT2D eigenvalue weighted by Gasteiger charge is -2.35. The standard InChI is InChI=1S/C28H35BrN2O5/c1-4-28(15-32,16-33)17-35-21-8-5-19(6-9-21)13-25-26-22(11-12-31(25)27(34)36-18(2)3)23-14-20(29)7-10-24(23)30-26/h5-10,14,18,25,30,32-33H,4,11-13,15-17H2,1-3H3. The molecule has 3 N–H and O–H groups in total. The van der Waals surface area contributed by atoms with Crippen LogP contribution in [-0.4, -0.2) is 58.7 Å². The highest BCUT2D eigenvalue weighted by molar-refractivity contribution is 9.10. The van der Waals surface area contributed by atoms with Crippen molar-refractivity contribution in [2.75, 3.05) is 26.4 Å². The fourth-order valence-corrected chi connectivity index (χ4v) is 5.05. The van der Waals surface area contributed by atoms with Crippen molar-refractivity contribution < 1.29 is 24.5 Å². The van der Waals surface area contributed by atoms with Crippen LogP contribution in [-0.2, 0) is 17.6 Å². The highest BCUT2D eigenvalue weighted by Crippen LogP contribution is 2.38. The number of aliphatic hydroxyl groups excluding tert-OH is 2. The first kappa shape index (κ1) is 26.5. The van der Waals surface area contributed by atoms with Gasteiger partial charge in [-0.05, 0) is 74.6 Å². The number of hydrogen-bond donors (Lipinski definition) is 3. The number of ether oxygens (including phenoxy) is 2. The van der Waals surface area contributed by atoms with E-state index in [1.165, 1.54) is 10.9 Å². The maximum Gasteiger partial charge on any atom is 0.410 e. The Morgan fingerprint density at radius 2 is 1.92 bits per heavy atom. The number of H-pyrrole nitrogens is 1.